The van der Waals surface area contributed by atoms with Crippen LogP contribution in [0.1, 0.15) is 42.7 Å². The van der Waals surface area contributed by atoms with E-state index in [1.54, 1.807) is 6.07 Å². The van der Waals surface area contributed by atoms with Crippen LogP contribution in [0.3, 0.4) is 0 Å². The van der Waals surface area contributed by atoms with Crippen molar-refractivity contribution >= 4 is 50.5 Å². The Morgan fingerprint density at radius 1 is 1.16 bits per heavy atom. The fraction of sp³-hybridized carbons (Fsp3) is 0.304. The molecule has 0 bridgehead atoms. The number of para-hydroxylation sites is 1. The smallest absolute Gasteiger partial charge is 0.303 e. The predicted octanol–water partition coefficient (Wildman–Crippen LogP) is 5.60. The summed E-state index contributed by atoms with van der Waals surface area (Å²) in [5.41, 5.74) is 3.03. The number of carboxylic acid groups (broad SMARTS) is 1. The van der Waals surface area contributed by atoms with Crippen molar-refractivity contribution in [3.8, 4) is 0 Å². The zero-order valence-electron chi connectivity index (χ0n) is 17.0. The van der Waals surface area contributed by atoms with Gasteiger partial charge in [0.15, 0.2) is 0 Å². The van der Waals surface area contributed by atoms with Gasteiger partial charge in [-0.25, -0.2) is 4.98 Å². The van der Waals surface area contributed by atoms with Crippen molar-refractivity contribution in [1.82, 2.24) is 4.98 Å². The normalized spacial score (nSPS) is 14.7. The second-order valence-corrected chi connectivity index (χ2v) is 8.63. The van der Waals surface area contributed by atoms with Gasteiger partial charge < -0.3 is 10.0 Å². The molecular formula is C23H23N3O4S. The highest BCUT2D eigenvalue weighted by Gasteiger charge is 2.21. The van der Waals surface area contributed by atoms with Crippen LogP contribution in [-0.4, -0.2) is 34.1 Å². The Hall–Kier alpha value is -3.26. The van der Waals surface area contributed by atoms with Crippen LogP contribution in [0.25, 0.3) is 21.9 Å². The maximum Gasteiger partial charge on any atom is 0.303 e. The average molecular weight is 438 g/mol. The minimum absolute atomic E-state index is 0.0320. The molecule has 0 aliphatic carbocycles. The third kappa shape index (κ3) is 4.91. The van der Waals surface area contributed by atoms with Crippen LogP contribution in [-0.2, 0) is 4.79 Å². The van der Waals surface area contributed by atoms with E-state index in [4.69, 9.17) is 0 Å². The second kappa shape index (κ2) is 9.26. The van der Waals surface area contributed by atoms with Gasteiger partial charge in [-0.3, -0.25) is 14.9 Å². The van der Waals surface area contributed by atoms with Crippen LogP contribution >= 0.6 is 11.3 Å². The highest BCUT2D eigenvalue weighted by atomic mass is 32.1. The zero-order valence-corrected chi connectivity index (χ0v) is 17.8. The summed E-state index contributed by atoms with van der Waals surface area (Å²) in [6.45, 7) is 1.65. The molecule has 0 spiro atoms. The van der Waals surface area contributed by atoms with Crippen molar-refractivity contribution in [3.63, 3.8) is 0 Å². The third-order valence-corrected chi connectivity index (χ3v) is 6.52. The average Bonchev–Trinajstić information content (AvgIpc) is 3.21. The molecular weight excluding hydrogens is 414 g/mol. The molecule has 160 valence electrons. The van der Waals surface area contributed by atoms with E-state index in [0.29, 0.717) is 17.7 Å². The number of anilines is 1. The molecule has 1 fully saturated rings. The quantitative estimate of drug-likeness (QED) is 0.382. The number of aromatic nitrogens is 1. The highest BCUT2D eigenvalue weighted by Crippen LogP contribution is 2.34. The number of carbonyl (C=O) groups is 1. The molecule has 1 aliphatic heterocycles. The first-order valence-corrected chi connectivity index (χ1v) is 11.1. The van der Waals surface area contributed by atoms with E-state index in [-0.39, 0.29) is 17.0 Å². The lowest BCUT2D eigenvalue weighted by molar-refractivity contribution is -0.384. The second-order valence-electron chi connectivity index (χ2n) is 7.60. The number of rotatable bonds is 7. The van der Waals surface area contributed by atoms with Gasteiger partial charge in [0.1, 0.15) is 10.7 Å². The summed E-state index contributed by atoms with van der Waals surface area (Å²) in [6.07, 6.45) is 5.33. The first-order valence-electron chi connectivity index (χ1n) is 10.3. The van der Waals surface area contributed by atoms with Gasteiger partial charge in [0, 0.05) is 25.6 Å². The van der Waals surface area contributed by atoms with E-state index in [9.17, 15) is 20.0 Å². The molecule has 1 saturated heterocycles. The lowest BCUT2D eigenvalue weighted by Crippen LogP contribution is -2.29. The van der Waals surface area contributed by atoms with E-state index in [1.807, 2.05) is 42.5 Å². The number of piperidine rings is 1. The van der Waals surface area contributed by atoms with Crippen molar-refractivity contribution in [3.05, 3.63) is 63.1 Å². The van der Waals surface area contributed by atoms with Crippen LogP contribution in [0.4, 0.5) is 11.4 Å². The molecule has 7 nitrogen and oxygen atoms in total. The molecule has 2 heterocycles. The van der Waals surface area contributed by atoms with Crippen molar-refractivity contribution in [2.45, 2.75) is 32.1 Å². The first kappa shape index (κ1) is 21.0. The molecule has 0 unspecified atom stereocenters. The molecule has 1 N–H and O–H groups in total. The Labute approximate surface area is 183 Å². The number of hydrogen-bond acceptors (Lipinski definition) is 6. The van der Waals surface area contributed by atoms with Crippen molar-refractivity contribution in [2.24, 2.45) is 0 Å². The molecule has 1 aliphatic rings. The number of carboxylic acids is 1. The fourth-order valence-corrected chi connectivity index (χ4v) is 4.88. The van der Waals surface area contributed by atoms with Gasteiger partial charge in [0.25, 0.3) is 5.69 Å². The molecule has 8 heteroatoms. The summed E-state index contributed by atoms with van der Waals surface area (Å²) >= 11 is 1.50. The topological polar surface area (TPSA) is 96.6 Å². The van der Waals surface area contributed by atoms with Gasteiger partial charge in [0.2, 0.25) is 0 Å². The summed E-state index contributed by atoms with van der Waals surface area (Å²) in [5.74, 6) is -0.890. The van der Waals surface area contributed by atoms with E-state index in [2.05, 4.69) is 9.88 Å². The summed E-state index contributed by atoms with van der Waals surface area (Å²) < 4.78 is 1.02. The maximum absolute atomic E-state index is 11.8. The summed E-state index contributed by atoms with van der Waals surface area (Å²) in [7, 11) is 0. The van der Waals surface area contributed by atoms with Gasteiger partial charge in [0.05, 0.1) is 15.1 Å². The Morgan fingerprint density at radius 3 is 2.65 bits per heavy atom. The van der Waals surface area contributed by atoms with Gasteiger partial charge in [-0.05, 0) is 61.1 Å². The summed E-state index contributed by atoms with van der Waals surface area (Å²) in [5, 5.41) is 21.7. The number of benzene rings is 2. The number of nitro benzene ring substituents is 1. The van der Waals surface area contributed by atoms with Gasteiger partial charge in [-0.1, -0.05) is 18.2 Å². The number of thiazole rings is 1. The molecule has 4 rings (SSSR count). The highest BCUT2D eigenvalue weighted by molar-refractivity contribution is 7.19. The molecule has 0 amide bonds. The van der Waals surface area contributed by atoms with E-state index in [1.165, 1.54) is 11.3 Å². The number of nitro groups is 1. The molecule has 1 aromatic heterocycles. The monoisotopic (exact) mass is 437 g/mol. The minimum Gasteiger partial charge on any atom is -0.481 e. The molecule has 0 saturated carbocycles. The predicted molar refractivity (Wildman–Crippen MR) is 124 cm³/mol. The number of hydrogen-bond donors (Lipinski definition) is 1. The number of aliphatic carboxylic acids is 1. The number of nitrogens with zero attached hydrogens (tertiary/aromatic N) is 3. The number of fused-ring (bicyclic) bond motifs is 1. The Bertz CT molecular complexity index is 1120. The van der Waals surface area contributed by atoms with E-state index >= 15 is 0 Å². The van der Waals surface area contributed by atoms with Crippen LogP contribution in [0.5, 0.6) is 0 Å². The van der Waals surface area contributed by atoms with Crippen LogP contribution in [0, 0.1) is 10.1 Å². The molecule has 0 radical (unpaired) electrons. The largest absolute Gasteiger partial charge is 0.481 e. The SMILES string of the molecule is O=C(O)CC/C(=C\c1ccc(N2CCCCC2)c([N+](=O)[O-])c1)c1nc2ccccc2s1. The van der Waals surface area contributed by atoms with E-state index < -0.39 is 5.97 Å². The lowest BCUT2D eigenvalue weighted by Gasteiger charge is -2.28. The third-order valence-electron chi connectivity index (χ3n) is 5.41. The minimum atomic E-state index is -0.890. The van der Waals surface area contributed by atoms with Crippen LogP contribution in [0.2, 0.25) is 0 Å². The summed E-state index contributed by atoms with van der Waals surface area (Å²) in [4.78, 5) is 29.3. The zero-order chi connectivity index (χ0) is 21.8. The summed E-state index contributed by atoms with van der Waals surface area (Å²) in [6, 6.07) is 13.0. The molecule has 0 atom stereocenters. The van der Waals surface area contributed by atoms with Gasteiger partial charge in [-0.2, -0.15) is 0 Å². The number of allylic oxidation sites excluding steroid dienone is 1. The Kier molecular flexibility index (Phi) is 6.27. The lowest BCUT2D eigenvalue weighted by atomic mass is 10.0. The molecule has 31 heavy (non-hydrogen) atoms. The standard InChI is InChI=1S/C23H23N3O4S/c27-22(28)11-9-17(23-24-18-6-2-3-7-21(18)31-23)14-16-8-10-19(20(15-16)26(29)30)25-12-4-1-5-13-25/h2-3,6-8,10,14-15H,1,4-5,9,11-13H2,(H,27,28)/b17-14+. The van der Waals surface area contributed by atoms with E-state index in [0.717, 1.165) is 53.1 Å². The van der Waals surface area contributed by atoms with Crippen molar-refractivity contribution < 1.29 is 14.8 Å². The Balaban J connectivity index is 1.72. The Morgan fingerprint density at radius 2 is 1.94 bits per heavy atom. The van der Waals surface area contributed by atoms with Gasteiger partial charge >= 0.3 is 5.97 Å². The maximum atomic E-state index is 11.8. The van der Waals surface area contributed by atoms with Crippen LogP contribution < -0.4 is 4.90 Å². The van der Waals surface area contributed by atoms with Crippen LogP contribution in [0.15, 0.2) is 42.5 Å². The van der Waals surface area contributed by atoms with Crippen molar-refractivity contribution in [2.75, 3.05) is 18.0 Å². The molecule has 2 aromatic carbocycles. The van der Waals surface area contributed by atoms with Crippen molar-refractivity contribution in [1.29, 1.82) is 0 Å². The molecule has 3 aromatic rings. The first-order chi connectivity index (χ1) is 15.0. The fourth-order valence-electron chi connectivity index (χ4n) is 3.87. The van der Waals surface area contributed by atoms with Gasteiger partial charge in [-0.15, -0.1) is 11.3 Å².